The molecule has 1 saturated heterocycles. The zero-order valence-corrected chi connectivity index (χ0v) is 14.2. The first-order chi connectivity index (χ1) is 9.86. The molecule has 1 unspecified atom stereocenters. The van der Waals surface area contributed by atoms with E-state index in [1.165, 1.54) is 12.8 Å². The fraction of sp³-hybridized carbons (Fsp3) is 0.353. The number of ether oxygens (including phenoxy) is 1. The molecule has 2 aromatic rings. The lowest BCUT2D eigenvalue weighted by Crippen LogP contribution is -2.13. The highest BCUT2D eigenvalue weighted by atomic mass is 35.5. The maximum absolute atomic E-state index is 6.09. The molecule has 3 nitrogen and oxygen atoms in total. The van der Waals surface area contributed by atoms with E-state index in [0.717, 1.165) is 30.9 Å². The average Bonchev–Trinajstić information content (AvgIpc) is 3.09. The molecular weight excluding hydrogens is 319 g/mol. The predicted molar refractivity (Wildman–Crippen MR) is 95.9 cm³/mol. The van der Waals surface area contributed by atoms with Gasteiger partial charge in [0.2, 0.25) is 0 Å². The Morgan fingerprint density at radius 2 is 1.59 bits per heavy atom. The zero-order chi connectivity index (χ0) is 14.0. The minimum Gasteiger partial charge on any atom is -0.381 e. The lowest BCUT2D eigenvalue weighted by atomic mass is 10.0. The number of nitrogens with two attached hydrogens (primary N) is 1. The summed E-state index contributed by atoms with van der Waals surface area (Å²) in [7, 11) is 0. The molecule has 5 heteroatoms. The molecule has 1 atom stereocenters. The molecule has 0 saturated carbocycles. The molecule has 2 N–H and O–H groups in total. The molecule has 0 spiro atoms. The summed E-state index contributed by atoms with van der Waals surface area (Å²) in [4.78, 5) is 4.26. The Balaban J connectivity index is 0.000000542. The van der Waals surface area contributed by atoms with Gasteiger partial charge < -0.3 is 10.5 Å². The molecule has 2 heterocycles. The van der Waals surface area contributed by atoms with Gasteiger partial charge in [0.05, 0.1) is 0 Å². The Morgan fingerprint density at radius 1 is 0.955 bits per heavy atom. The number of halogens is 2. The van der Waals surface area contributed by atoms with Crippen LogP contribution >= 0.6 is 24.8 Å². The Labute approximate surface area is 145 Å². The lowest BCUT2D eigenvalue weighted by molar-refractivity contribution is 0.198. The van der Waals surface area contributed by atoms with E-state index >= 15 is 0 Å². The molecule has 0 bridgehead atoms. The van der Waals surface area contributed by atoms with Crippen molar-refractivity contribution in [1.29, 1.82) is 0 Å². The van der Waals surface area contributed by atoms with Gasteiger partial charge in [-0.05, 0) is 30.5 Å². The topological polar surface area (TPSA) is 48.1 Å². The smallest absolute Gasteiger partial charge is 0.0466 e. The molecule has 1 aliphatic heterocycles. The van der Waals surface area contributed by atoms with Crippen LogP contribution in [0.5, 0.6) is 0 Å². The number of pyridine rings is 1. The third-order valence-corrected chi connectivity index (χ3v) is 3.21. The van der Waals surface area contributed by atoms with E-state index in [1.807, 2.05) is 48.5 Å². The molecular formula is C17H24Cl2N2O. The first-order valence-electron chi connectivity index (χ1n) is 7.14. The number of nitrogens with zero attached hydrogens (tertiary/aromatic N) is 1. The van der Waals surface area contributed by atoms with E-state index in [-0.39, 0.29) is 30.9 Å². The van der Waals surface area contributed by atoms with Crippen molar-refractivity contribution in [2.24, 2.45) is 5.73 Å². The van der Waals surface area contributed by atoms with Gasteiger partial charge in [0.1, 0.15) is 0 Å². The third kappa shape index (κ3) is 7.76. The molecule has 0 amide bonds. The molecule has 0 radical (unpaired) electrons. The molecule has 0 aliphatic carbocycles. The molecule has 122 valence electrons. The summed E-state index contributed by atoms with van der Waals surface area (Å²) in [6.45, 7) is 2.00. The molecule has 1 aromatic heterocycles. The van der Waals surface area contributed by atoms with Crippen LogP contribution in [0.2, 0.25) is 0 Å². The van der Waals surface area contributed by atoms with Gasteiger partial charge in [-0.2, -0.15) is 0 Å². The van der Waals surface area contributed by atoms with Crippen LogP contribution < -0.4 is 5.73 Å². The van der Waals surface area contributed by atoms with E-state index < -0.39 is 0 Å². The number of aromatic nitrogens is 1. The second-order valence-corrected chi connectivity index (χ2v) is 4.86. The van der Waals surface area contributed by atoms with E-state index in [4.69, 9.17) is 10.5 Å². The quantitative estimate of drug-likeness (QED) is 0.918. The summed E-state index contributed by atoms with van der Waals surface area (Å²) in [6.07, 6.45) is 5.14. The highest BCUT2D eigenvalue weighted by Gasteiger charge is 2.06. The van der Waals surface area contributed by atoms with Crippen LogP contribution in [-0.4, -0.2) is 18.2 Å². The maximum atomic E-state index is 6.09. The summed E-state index contributed by atoms with van der Waals surface area (Å²) in [6, 6.07) is 16.0. The van der Waals surface area contributed by atoms with Gasteiger partial charge >= 0.3 is 0 Å². The Morgan fingerprint density at radius 3 is 2.09 bits per heavy atom. The van der Waals surface area contributed by atoms with Gasteiger partial charge in [0.15, 0.2) is 0 Å². The summed E-state index contributed by atoms with van der Waals surface area (Å²) in [5.41, 5.74) is 8.28. The van der Waals surface area contributed by atoms with Crippen LogP contribution in [0.3, 0.4) is 0 Å². The number of hydrogen-bond acceptors (Lipinski definition) is 3. The second-order valence-electron chi connectivity index (χ2n) is 4.86. The minimum atomic E-state index is 0. The Hall–Kier alpha value is -1.13. The average molecular weight is 343 g/mol. The van der Waals surface area contributed by atoms with Gasteiger partial charge in [0, 0.05) is 37.6 Å². The lowest BCUT2D eigenvalue weighted by Gasteiger charge is -2.10. The van der Waals surface area contributed by atoms with E-state index in [0.29, 0.717) is 0 Å². The molecule has 1 aliphatic rings. The first-order valence-corrected chi connectivity index (χ1v) is 7.14. The van der Waals surface area contributed by atoms with Gasteiger partial charge in [0.25, 0.3) is 0 Å². The number of hydrogen-bond donors (Lipinski definition) is 1. The summed E-state index contributed by atoms with van der Waals surface area (Å²) >= 11 is 0. The number of rotatable bonds is 3. The summed E-state index contributed by atoms with van der Waals surface area (Å²) < 4.78 is 4.94. The van der Waals surface area contributed by atoms with Crippen molar-refractivity contribution in [3.8, 4) is 0 Å². The fourth-order valence-electron chi connectivity index (χ4n) is 2.07. The van der Waals surface area contributed by atoms with E-state index in [9.17, 15) is 0 Å². The summed E-state index contributed by atoms with van der Waals surface area (Å²) in [5, 5.41) is 0. The van der Waals surface area contributed by atoms with E-state index in [1.54, 1.807) is 6.20 Å². The van der Waals surface area contributed by atoms with Crippen molar-refractivity contribution < 1.29 is 4.74 Å². The predicted octanol–water partition coefficient (Wildman–Crippen LogP) is 3.96. The van der Waals surface area contributed by atoms with Crippen molar-refractivity contribution >= 4 is 24.8 Å². The van der Waals surface area contributed by atoms with Crippen LogP contribution in [0.4, 0.5) is 0 Å². The highest BCUT2D eigenvalue weighted by Crippen LogP contribution is 2.13. The second kappa shape index (κ2) is 12.4. The highest BCUT2D eigenvalue weighted by molar-refractivity contribution is 5.85. The molecule has 3 rings (SSSR count). The largest absolute Gasteiger partial charge is 0.381 e. The molecule has 22 heavy (non-hydrogen) atoms. The van der Waals surface area contributed by atoms with Crippen molar-refractivity contribution in [3.05, 3.63) is 66.0 Å². The molecule has 1 aromatic carbocycles. The number of benzene rings is 1. The third-order valence-electron chi connectivity index (χ3n) is 3.21. The fourth-order valence-corrected chi connectivity index (χ4v) is 2.07. The minimum absolute atomic E-state index is 0. The van der Waals surface area contributed by atoms with Gasteiger partial charge in [-0.15, -0.1) is 24.8 Å². The summed E-state index contributed by atoms with van der Waals surface area (Å²) in [5.74, 6) is 0. The van der Waals surface area contributed by atoms with Crippen molar-refractivity contribution in [3.63, 3.8) is 0 Å². The van der Waals surface area contributed by atoms with Crippen molar-refractivity contribution in [2.75, 3.05) is 13.2 Å². The monoisotopic (exact) mass is 342 g/mol. The van der Waals surface area contributed by atoms with Crippen LogP contribution in [0.15, 0.2) is 54.7 Å². The van der Waals surface area contributed by atoms with Crippen LogP contribution in [0.1, 0.15) is 30.1 Å². The first kappa shape index (κ1) is 20.9. The Kier molecular flexibility index (Phi) is 11.8. The zero-order valence-electron chi connectivity index (χ0n) is 12.6. The normalized spacial score (nSPS) is 13.9. The van der Waals surface area contributed by atoms with Crippen molar-refractivity contribution in [1.82, 2.24) is 4.98 Å². The molecule has 1 fully saturated rings. The van der Waals surface area contributed by atoms with Gasteiger partial charge in [-0.1, -0.05) is 36.4 Å². The van der Waals surface area contributed by atoms with Gasteiger partial charge in [-0.3, -0.25) is 4.98 Å². The SMILES string of the molecule is C1CCOC1.Cl.Cl.NC(Cc1ccccn1)c1ccccc1. The Bertz CT molecular complexity index is 471. The van der Waals surface area contributed by atoms with Crippen LogP contribution in [-0.2, 0) is 11.2 Å². The van der Waals surface area contributed by atoms with Crippen LogP contribution in [0.25, 0.3) is 0 Å². The van der Waals surface area contributed by atoms with Gasteiger partial charge in [-0.25, -0.2) is 0 Å². The van der Waals surface area contributed by atoms with Crippen molar-refractivity contribution in [2.45, 2.75) is 25.3 Å². The standard InChI is InChI=1S/C13H14N2.C4H8O.2ClH/c14-13(11-6-2-1-3-7-11)10-12-8-4-5-9-15-12;1-2-4-5-3-1;;/h1-9,13H,10,14H2;1-4H2;2*1H. The van der Waals surface area contributed by atoms with Crippen LogP contribution in [0, 0.1) is 0 Å². The maximum Gasteiger partial charge on any atom is 0.0466 e. The van der Waals surface area contributed by atoms with E-state index in [2.05, 4.69) is 4.98 Å².